The van der Waals surface area contributed by atoms with E-state index in [1.54, 1.807) is 18.3 Å². The van der Waals surface area contributed by atoms with Gasteiger partial charge < -0.3 is 22.1 Å². The van der Waals surface area contributed by atoms with Crippen LogP contribution in [0.5, 0.6) is 0 Å². The molecule has 1 aromatic heterocycles. The second-order valence-corrected chi connectivity index (χ2v) is 3.04. The Bertz CT molecular complexity index is 356. The first kappa shape index (κ1) is 11.8. The molecule has 7 heteroatoms. The Labute approximate surface area is 92.2 Å². The Hall–Kier alpha value is -2.31. The number of hydrogen-bond acceptors (Lipinski definition) is 3. The van der Waals surface area contributed by atoms with Crippen LogP contribution in [0.1, 0.15) is 11.3 Å². The number of nitrogens with one attached hydrogen (secondary N) is 2. The predicted molar refractivity (Wildman–Crippen MR) is 57.1 cm³/mol. The van der Waals surface area contributed by atoms with Crippen LogP contribution >= 0.6 is 0 Å². The Morgan fingerprint density at radius 2 is 1.81 bits per heavy atom. The molecular formula is C9H13N5O2. The van der Waals surface area contributed by atoms with E-state index in [0.29, 0.717) is 5.69 Å². The van der Waals surface area contributed by atoms with Crippen LogP contribution in [0.25, 0.3) is 0 Å². The highest BCUT2D eigenvalue weighted by Gasteiger charge is 2.04. The number of carbonyl (C=O) groups is 2. The minimum absolute atomic E-state index is 0.214. The lowest BCUT2D eigenvalue weighted by molar-refractivity contribution is 0.247. The number of aromatic nitrogens is 1. The van der Waals surface area contributed by atoms with Gasteiger partial charge in [0, 0.05) is 12.7 Å². The molecule has 0 unspecified atom stereocenters. The summed E-state index contributed by atoms with van der Waals surface area (Å²) < 4.78 is 0. The molecular weight excluding hydrogens is 210 g/mol. The molecule has 0 aromatic carbocycles. The van der Waals surface area contributed by atoms with Gasteiger partial charge in [0.2, 0.25) is 0 Å². The third kappa shape index (κ3) is 3.82. The van der Waals surface area contributed by atoms with Crippen molar-refractivity contribution in [2.24, 2.45) is 11.5 Å². The van der Waals surface area contributed by atoms with Gasteiger partial charge in [-0.05, 0) is 11.6 Å². The summed E-state index contributed by atoms with van der Waals surface area (Å²) in [5.74, 6) is 0. The van der Waals surface area contributed by atoms with Crippen molar-refractivity contribution >= 4 is 12.1 Å². The molecule has 6 N–H and O–H groups in total. The fourth-order valence-corrected chi connectivity index (χ4v) is 1.14. The van der Waals surface area contributed by atoms with Gasteiger partial charge in [0.15, 0.2) is 0 Å². The number of nitrogens with two attached hydrogens (primary N) is 2. The highest BCUT2D eigenvalue weighted by atomic mass is 16.2. The van der Waals surface area contributed by atoms with Gasteiger partial charge in [-0.15, -0.1) is 0 Å². The zero-order valence-electron chi connectivity index (χ0n) is 8.56. The van der Waals surface area contributed by atoms with E-state index in [0.717, 1.165) is 5.56 Å². The van der Waals surface area contributed by atoms with Crippen molar-refractivity contribution in [2.75, 3.05) is 0 Å². The summed E-state index contributed by atoms with van der Waals surface area (Å²) in [4.78, 5) is 25.2. The molecule has 0 aliphatic carbocycles. The zero-order chi connectivity index (χ0) is 12.0. The molecule has 1 rings (SSSR count). The zero-order valence-corrected chi connectivity index (χ0v) is 8.56. The standard InChI is InChI=1S/C9H13N5O2/c10-8(15)13-4-6-2-1-3-12-7(6)5-14-9(11)16/h1-3H,4-5H2,(H3,10,13,15)(H3,11,14,16). The quantitative estimate of drug-likeness (QED) is 0.545. The lowest BCUT2D eigenvalue weighted by Gasteiger charge is -2.08. The number of hydrogen-bond donors (Lipinski definition) is 4. The molecule has 16 heavy (non-hydrogen) atoms. The molecule has 4 amide bonds. The molecule has 7 nitrogen and oxygen atoms in total. The first-order valence-corrected chi connectivity index (χ1v) is 4.59. The summed E-state index contributed by atoms with van der Waals surface area (Å²) in [7, 11) is 0. The molecule has 0 saturated heterocycles. The van der Waals surface area contributed by atoms with Crippen LogP contribution in [-0.4, -0.2) is 17.0 Å². The van der Waals surface area contributed by atoms with E-state index in [1.807, 2.05) is 0 Å². The van der Waals surface area contributed by atoms with Gasteiger partial charge >= 0.3 is 12.1 Å². The number of amides is 4. The van der Waals surface area contributed by atoms with E-state index in [2.05, 4.69) is 15.6 Å². The summed E-state index contributed by atoms with van der Waals surface area (Å²) in [5.41, 5.74) is 11.3. The SMILES string of the molecule is NC(=O)NCc1cccnc1CNC(N)=O. The number of urea groups is 2. The minimum Gasteiger partial charge on any atom is -0.352 e. The van der Waals surface area contributed by atoms with Crippen molar-refractivity contribution in [3.8, 4) is 0 Å². The van der Waals surface area contributed by atoms with Crippen molar-refractivity contribution in [3.05, 3.63) is 29.6 Å². The van der Waals surface area contributed by atoms with Gasteiger partial charge in [-0.1, -0.05) is 6.07 Å². The van der Waals surface area contributed by atoms with Gasteiger partial charge in [-0.3, -0.25) is 4.98 Å². The van der Waals surface area contributed by atoms with Crippen molar-refractivity contribution in [3.63, 3.8) is 0 Å². The molecule has 0 saturated carbocycles. The van der Waals surface area contributed by atoms with Gasteiger partial charge in [-0.2, -0.15) is 0 Å². The highest BCUT2D eigenvalue weighted by molar-refractivity contribution is 5.72. The number of nitrogens with zero attached hydrogens (tertiary/aromatic N) is 1. The summed E-state index contributed by atoms with van der Waals surface area (Å²) in [6.45, 7) is 0.477. The number of rotatable bonds is 4. The number of pyridine rings is 1. The van der Waals surface area contributed by atoms with Crippen molar-refractivity contribution in [1.29, 1.82) is 0 Å². The summed E-state index contributed by atoms with van der Waals surface area (Å²) >= 11 is 0. The summed E-state index contributed by atoms with van der Waals surface area (Å²) in [5, 5.41) is 4.87. The van der Waals surface area contributed by atoms with Gasteiger partial charge in [0.05, 0.1) is 12.2 Å². The van der Waals surface area contributed by atoms with Crippen molar-refractivity contribution < 1.29 is 9.59 Å². The molecule has 1 heterocycles. The topological polar surface area (TPSA) is 123 Å². The molecule has 0 fully saturated rings. The van der Waals surface area contributed by atoms with Crippen LogP contribution < -0.4 is 22.1 Å². The Morgan fingerprint density at radius 1 is 1.19 bits per heavy atom. The van der Waals surface area contributed by atoms with Crippen LogP contribution in [0.2, 0.25) is 0 Å². The number of carbonyl (C=O) groups excluding carboxylic acids is 2. The average molecular weight is 223 g/mol. The smallest absolute Gasteiger partial charge is 0.312 e. The first-order valence-electron chi connectivity index (χ1n) is 4.59. The lowest BCUT2D eigenvalue weighted by Crippen LogP contribution is -2.31. The molecule has 0 aliphatic rings. The maximum Gasteiger partial charge on any atom is 0.312 e. The molecule has 0 bridgehead atoms. The first-order chi connectivity index (χ1) is 7.59. The summed E-state index contributed by atoms with van der Waals surface area (Å²) in [6.07, 6.45) is 1.59. The fourth-order valence-electron chi connectivity index (χ4n) is 1.14. The Balaban J connectivity index is 2.67. The normalized spacial score (nSPS) is 9.50. The van der Waals surface area contributed by atoms with Gasteiger partial charge in [0.25, 0.3) is 0 Å². The van der Waals surface area contributed by atoms with Crippen molar-refractivity contribution in [2.45, 2.75) is 13.1 Å². The van der Waals surface area contributed by atoms with Crippen molar-refractivity contribution in [1.82, 2.24) is 15.6 Å². The fraction of sp³-hybridized carbons (Fsp3) is 0.222. The molecule has 0 aliphatic heterocycles. The lowest BCUT2D eigenvalue weighted by atomic mass is 10.2. The van der Waals surface area contributed by atoms with E-state index in [4.69, 9.17) is 11.5 Å². The van der Waals surface area contributed by atoms with E-state index < -0.39 is 12.1 Å². The molecule has 0 atom stereocenters. The van der Waals surface area contributed by atoms with E-state index >= 15 is 0 Å². The number of primary amides is 2. The second-order valence-electron chi connectivity index (χ2n) is 3.04. The van der Waals surface area contributed by atoms with E-state index in [1.165, 1.54) is 0 Å². The maximum absolute atomic E-state index is 10.6. The molecule has 0 spiro atoms. The Kier molecular flexibility index (Phi) is 4.07. The van der Waals surface area contributed by atoms with Crippen LogP contribution in [0.4, 0.5) is 9.59 Å². The minimum atomic E-state index is -0.625. The van der Waals surface area contributed by atoms with Gasteiger partial charge in [-0.25, -0.2) is 9.59 Å². The maximum atomic E-state index is 10.6. The van der Waals surface area contributed by atoms with E-state index in [9.17, 15) is 9.59 Å². The third-order valence-corrected chi connectivity index (χ3v) is 1.87. The summed E-state index contributed by atoms with van der Waals surface area (Å²) in [6, 6.07) is 2.27. The Morgan fingerprint density at radius 3 is 2.44 bits per heavy atom. The second kappa shape index (κ2) is 5.54. The van der Waals surface area contributed by atoms with Crippen LogP contribution in [0, 0.1) is 0 Å². The van der Waals surface area contributed by atoms with Crippen LogP contribution in [-0.2, 0) is 13.1 Å². The molecule has 0 radical (unpaired) electrons. The van der Waals surface area contributed by atoms with Crippen LogP contribution in [0.15, 0.2) is 18.3 Å². The third-order valence-electron chi connectivity index (χ3n) is 1.87. The average Bonchev–Trinajstić information content (AvgIpc) is 2.24. The monoisotopic (exact) mass is 223 g/mol. The molecule has 1 aromatic rings. The van der Waals surface area contributed by atoms with E-state index in [-0.39, 0.29) is 13.1 Å². The van der Waals surface area contributed by atoms with Crippen LogP contribution in [0.3, 0.4) is 0 Å². The largest absolute Gasteiger partial charge is 0.352 e. The molecule has 86 valence electrons. The van der Waals surface area contributed by atoms with Gasteiger partial charge in [0.1, 0.15) is 0 Å². The predicted octanol–water partition coefficient (Wildman–Crippen LogP) is -0.582. The highest BCUT2D eigenvalue weighted by Crippen LogP contribution is 2.04.